The number of carbonyl (C=O) groups is 1. The van der Waals surface area contributed by atoms with E-state index in [1.165, 1.54) is 29.7 Å². The van der Waals surface area contributed by atoms with E-state index in [0.29, 0.717) is 17.6 Å². The molecule has 7 nitrogen and oxygen atoms in total. The predicted molar refractivity (Wildman–Crippen MR) is 123 cm³/mol. The van der Waals surface area contributed by atoms with Gasteiger partial charge in [-0.15, -0.1) is 11.3 Å². The van der Waals surface area contributed by atoms with Gasteiger partial charge in [0.2, 0.25) is 5.91 Å². The molecule has 1 saturated heterocycles. The van der Waals surface area contributed by atoms with Gasteiger partial charge in [-0.25, -0.2) is 15.0 Å². The summed E-state index contributed by atoms with van der Waals surface area (Å²) < 4.78 is 0. The lowest BCUT2D eigenvalue weighted by atomic mass is 9.97. The third-order valence-electron chi connectivity index (χ3n) is 6.42. The average Bonchev–Trinajstić information content (AvgIpc) is 3.18. The van der Waals surface area contributed by atoms with Crippen molar-refractivity contribution in [3.05, 3.63) is 29.0 Å². The summed E-state index contributed by atoms with van der Waals surface area (Å²) in [6.07, 6.45) is 12.9. The van der Waals surface area contributed by atoms with Crippen LogP contribution in [0.25, 0.3) is 21.7 Å². The summed E-state index contributed by atoms with van der Waals surface area (Å²) in [6, 6.07) is -0.0625. The molecule has 8 heteroatoms. The quantitative estimate of drug-likeness (QED) is 0.659. The standard InChI is InChI=1S/C23H28N6OS/c1-14-7-5-6-12-29(14)23(30)15(2)26-21-19-16-8-3-4-9-18(16)31-22(19)28-20(27-21)17-13-24-10-11-25-17/h10-11,13-15H,3-9,12H2,1-2H3,(H,26,27,28). The molecule has 2 unspecified atom stereocenters. The van der Waals surface area contributed by atoms with Crippen molar-refractivity contribution in [3.8, 4) is 11.5 Å². The number of likely N-dealkylation sites (tertiary alicyclic amines) is 1. The molecule has 0 aromatic carbocycles. The van der Waals surface area contributed by atoms with E-state index in [2.05, 4.69) is 22.2 Å². The topological polar surface area (TPSA) is 83.9 Å². The molecule has 0 radical (unpaired) electrons. The number of fused-ring (bicyclic) bond motifs is 3. The zero-order chi connectivity index (χ0) is 21.4. The Labute approximate surface area is 186 Å². The van der Waals surface area contributed by atoms with Gasteiger partial charge in [-0.3, -0.25) is 9.78 Å². The highest BCUT2D eigenvalue weighted by Gasteiger charge is 2.29. The number of hydrogen-bond donors (Lipinski definition) is 1. The highest BCUT2D eigenvalue weighted by Crippen LogP contribution is 2.39. The summed E-state index contributed by atoms with van der Waals surface area (Å²) in [5.74, 6) is 1.44. The van der Waals surface area contributed by atoms with Crippen molar-refractivity contribution in [1.82, 2.24) is 24.8 Å². The Kier molecular flexibility index (Phi) is 5.56. The maximum atomic E-state index is 13.2. The van der Waals surface area contributed by atoms with E-state index in [-0.39, 0.29) is 11.9 Å². The van der Waals surface area contributed by atoms with Gasteiger partial charge in [0.1, 0.15) is 22.4 Å². The number of anilines is 1. The number of thiophene rings is 1. The van der Waals surface area contributed by atoms with Crippen molar-refractivity contribution >= 4 is 33.3 Å². The van der Waals surface area contributed by atoms with E-state index < -0.39 is 0 Å². The van der Waals surface area contributed by atoms with Crippen molar-refractivity contribution in [3.63, 3.8) is 0 Å². The van der Waals surface area contributed by atoms with E-state index in [1.807, 2.05) is 11.8 Å². The maximum absolute atomic E-state index is 13.2. The third-order valence-corrected chi connectivity index (χ3v) is 7.60. The Morgan fingerprint density at radius 3 is 2.87 bits per heavy atom. The Morgan fingerprint density at radius 2 is 2.06 bits per heavy atom. The van der Waals surface area contributed by atoms with Crippen molar-refractivity contribution in [2.24, 2.45) is 0 Å². The summed E-state index contributed by atoms with van der Waals surface area (Å²) in [6.45, 7) is 4.93. The molecule has 1 aliphatic heterocycles. The van der Waals surface area contributed by atoms with Gasteiger partial charge in [-0.05, 0) is 64.4 Å². The summed E-state index contributed by atoms with van der Waals surface area (Å²) in [5.41, 5.74) is 1.99. The van der Waals surface area contributed by atoms with Crippen LogP contribution in [0.2, 0.25) is 0 Å². The second-order valence-corrected chi connectivity index (χ2v) is 9.70. The first kappa shape index (κ1) is 20.3. The molecule has 1 N–H and O–H groups in total. The Bertz CT molecular complexity index is 1100. The fourth-order valence-electron chi connectivity index (χ4n) is 4.73. The molecule has 4 heterocycles. The van der Waals surface area contributed by atoms with E-state index in [4.69, 9.17) is 9.97 Å². The van der Waals surface area contributed by atoms with Crippen LogP contribution in [0.15, 0.2) is 18.6 Å². The lowest BCUT2D eigenvalue weighted by molar-refractivity contribution is -0.134. The molecule has 162 valence electrons. The van der Waals surface area contributed by atoms with Crippen molar-refractivity contribution in [2.45, 2.75) is 70.9 Å². The minimum atomic E-state index is -0.354. The lowest BCUT2D eigenvalue weighted by Gasteiger charge is -2.35. The fraction of sp³-hybridized carbons (Fsp3) is 0.522. The maximum Gasteiger partial charge on any atom is 0.245 e. The lowest BCUT2D eigenvalue weighted by Crippen LogP contribution is -2.48. The first-order valence-electron chi connectivity index (χ1n) is 11.3. The van der Waals surface area contributed by atoms with E-state index in [1.54, 1.807) is 29.9 Å². The number of hydrogen-bond acceptors (Lipinski definition) is 7. The number of nitrogens with one attached hydrogen (secondary N) is 1. The van der Waals surface area contributed by atoms with E-state index in [0.717, 1.165) is 48.3 Å². The van der Waals surface area contributed by atoms with Crippen LogP contribution in [0, 0.1) is 0 Å². The van der Waals surface area contributed by atoms with Crippen LogP contribution >= 0.6 is 11.3 Å². The minimum absolute atomic E-state index is 0.143. The number of aryl methyl sites for hydroxylation is 2. The van der Waals surface area contributed by atoms with Gasteiger partial charge < -0.3 is 10.2 Å². The largest absolute Gasteiger partial charge is 0.358 e. The second-order valence-electron chi connectivity index (χ2n) is 8.62. The normalized spacial score (nSPS) is 19.8. The van der Waals surface area contributed by atoms with Gasteiger partial charge in [-0.1, -0.05) is 0 Å². The molecule has 1 aliphatic carbocycles. The average molecular weight is 437 g/mol. The Hall–Kier alpha value is -2.61. The van der Waals surface area contributed by atoms with Gasteiger partial charge in [0.15, 0.2) is 5.82 Å². The molecule has 2 aliphatic rings. The molecule has 3 aromatic heterocycles. The van der Waals surface area contributed by atoms with Gasteiger partial charge in [0, 0.05) is 29.9 Å². The molecule has 31 heavy (non-hydrogen) atoms. The number of nitrogens with zero attached hydrogens (tertiary/aromatic N) is 5. The van der Waals surface area contributed by atoms with E-state index in [9.17, 15) is 4.79 Å². The van der Waals surface area contributed by atoms with Gasteiger partial charge in [0.25, 0.3) is 0 Å². The molecule has 3 aromatic rings. The summed E-state index contributed by atoms with van der Waals surface area (Å²) in [4.78, 5) is 35.9. The second kappa shape index (κ2) is 8.49. The zero-order valence-corrected chi connectivity index (χ0v) is 18.9. The number of amides is 1. The Balaban J connectivity index is 1.54. The summed E-state index contributed by atoms with van der Waals surface area (Å²) in [7, 11) is 0. The number of rotatable bonds is 4. The van der Waals surface area contributed by atoms with Crippen LogP contribution in [0.4, 0.5) is 5.82 Å². The predicted octanol–water partition coefficient (Wildman–Crippen LogP) is 4.23. The summed E-state index contributed by atoms with van der Waals surface area (Å²) in [5, 5.41) is 4.55. The highest BCUT2D eigenvalue weighted by atomic mass is 32.1. The summed E-state index contributed by atoms with van der Waals surface area (Å²) >= 11 is 1.75. The van der Waals surface area contributed by atoms with E-state index >= 15 is 0 Å². The minimum Gasteiger partial charge on any atom is -0.358 e. The molecule has 0 bridgehead atoms. The van der Waals surface area contributed by atoms with Crippen LogP contribution in [-0.4, -0.2) is 49.4 Å². The van der Waals surface area contributed by atoms with Crippen LogP contribution in [0.3, 0.4) is 0 Å². The van der Waals surface area contributed by atoms with Gasteiger partial charge >= 0.3 is 0 Å². The van der Waals surface area contributed by atoms with Crippen molar-refractivity contribution < 1.29 is 4.79 Å². The van der Waals surface area contributed by atoms with Crippen LogP contribution in [-0.2, 0) is 17.6 Å². The molecule has 1 amide bonds. The molecule has 0 spiro atoms. The Morgan fingerprint density at radius 1 is 1.19 bits per heavy atom. The molecular formula is C23H28N6OS. The number of aromatic nitrogens is 4. The smallest absolute Gasteiger partial charge is 0.245 e. The number of carbonyl (C=O) groups excluding carboxylic acids is 1. The molecule has 1 fully saturated rings. The van der Waals surface area contributed by atoms with Crippen LogP contribution in [0.1, 0.15) is 56.4 Å². The fourth-order valence-corrected chi connectivity index (χ4v) is 5.99. The van der Waals surface area contributed by atoms with Crippen LogP contribution < -0.4 is 5.32 Å². The molecule has 2 atom stereocenters. The monoisotopic (exact) mass is 436 g/mol. The van der Waals surface area contributed by atoms with Gasteiger partial charge in [-0.2, -0.15) is 0 Å². The number of piperidine rings is 1. The first-order valence-corrected chi connectivity index (χ1v) is 12.1. The van der Waals surface area contributed by atoms with Crippen LogP contribution in [0.5, 0.6) is 0 Å². The van der Waals surface area contributed by atoms with Crippen molar-refractivity contribution in [2.75, 3.05) is 11.9 Å². The zero-order valence-electron chi connectivity index (χ0n) is 18.1. The third kappa shape index (κ3) is 3.89. The first-order chi connectivity index (χ1) is 15.1. The highest BCUT2D eigenvalue weighted by molar-refractivity contribution is 7.19. The molecular weight excluding hydrogens is 408 g/mol. The van der Waals surface area contributed by atoms with Crippen molar-refractivity contribution in [1.29, 1.82) is 0 Å². The molecule has 0 saturated carbocycles. The van der Waals surface area contributed by atoms with Gasteiger partial charge in [0.05, 0.1) is 11.6 Å². The molecule has 5 rings (SSSR count). The SMILES string of the molecule is CC(Nc1nc(-c2cnccn2)nc2sc3c(c12)CCCC3)C(=O)N1CCCCC1C.